The second kappa shape index (κ2) is 9.06. The maximum absolute atomic E-state index is 12.9. The van der Waals surface area contributed by atoms with Crippen molar-refractivity contribution in [2.45, 2.75) is 107 Å². The smallest absolute Gasteiger partial charge is 0.331 e. The van der Waals surface area contributed by atoms with Gasteiger partial charge in [-0.25, -0.2) is 4.79 Å². The molecule has 4 aliphatic carbocycles. The lowest BCUT2D eigenvalue weighted by Crippen LogP contribution is -2.69. The summed E-state index contributed by atoms with van der Waals surface area (Å²) in [6, 6.07) is 0. The molecule has 10 nitrogen and oxygen atoms in total. The van der Waals surface area contributed by atoms with Crippen molar-refractivity contribution in [1.82, 2.24) is 0 Å². The molecule has 0 spiro atoms. The average molecular weight is 537 g/mol. The molecule has 0 bridgehead atoms. The van der Waals surface area contributed by atoms with Crippen molar-refractivity contribution in [3.8, 4) is 0 Å². The number of esters is 1. The van der Waals surface area contributed by atoms with Gasteiger partial charge in [-0.2, -0.15) is 0 Å². The van der Waals surface area contributed by atoms with Crippen LogP contribution in [0.25, 0.3) is 0 Å². The van der Waals surface area contributed by atoms with E-state index in [0.29, 0.717) is 44.9 Å². The molecule has 2 heterocycles. The summed E-state index contributed by atoms with van der Waals surface area (Å²) in [5.41, 5.74) is -2.83. The predicted octanol–water partition coefficient (Wildman–Crippen LogP) is 0.362. The van der Waals surface area contributed by atoms with Crippen molar-refractivity contribution < 1.29 is 49.3 Å². The van der Waals surface area contributed by atoms with Gasteiger partial charge in [0.2, 0.25) is 0 Å². The third-order valence-electron chi connectivity index (χ3n) is 11.6. The fraction of sp³-hybridized carbons (Fsp3) is 0.857. The van der Waals surface area contributed by atoms with E-state index in [1.54, 1.807) is 6.08 Å². The lowest BCUT2D eigenvalue weighted by atomic mass is 9.41. The number of aliphatic hydroxyl groups is 5. The van der Waals surface area contributed by atoms with Crippen molar-refractivity contribution in [2.75, 3.05) is 13.2 Å². The van der Waals surface area contributed by atoms with E-state index in [-0.39, 0.29) is 43.4 Å². The van der Waals surface area contributed by atoms with Gasteiger partial charge in [0.25, 0.3) is 0 Å². The molecule has 5 N–H and O–H groups in total. The number of carbonyl (C=O) groups is 2. The van der Waals surface area contributed by atoms with Crippen molar-refractivity contribution in [1.29, 1.82) is 0 Å². The van der Waals surface area contributed by atoms with Gasteiger partial charge in [0.05, 0.1) is 29.3 Å². The number of carbonyl (C=O) groups excluding carboxylic acids is 2. The van der Waals surface area contributed by atoms with Gasteiger partial charge in [-0.15, -0.1) is 0 Å². The number of ether oxygens (including phenoxy) is 3. The fourth-order valence-electron chi connectivity index (χ4n) is 9.52. The highest BCUT2D eigenvalue weighted by Crippen LogP contribution is 2.70. The first-order chi connectivity index (χ1) is 18.0. The van der Waals surface area contributed by atoms with Gasteiger partial charge in [0.1, 0.15) is 31.2 Å². The lowest BCUT2D eigenvalue weighted by Gasteiger charge is -2.65. The molecule has 6 aliphatic rings. The summed E-state index contributed by atoms with van der Waals surface area (Å²) in [6.45, 7) is 2.22. The minimum atomic E-state index is -1.42. The van der Waals surface area contributed by atoms with Gasteiger partial charge in [0.15, 0.2) is 6.29 Å². The molecule has 2 aliphatic heterocycles. The first kappa shape index (κ1) is 26.8. The van der Waals surface area contributed by atoms with Crippen LogP contribution in [0.1, 0.15) is 64.7 Å². The molecule has 0 aromatic carbocycles. The van der Waals surface area contributed by atoms with E-state index in [9.17, 15) is 35.1 Å². The molecule has 10 heteroatoms. The number of aldehydes is 1. The van der Waals surface area contributed by atoms with E-state index in [0.717, 1.165) is 18.3 Å². The van der Waals surface area contributed by atoms with E-state index in [1.165, 1.54) is 0 Å². The highest BCUT2D eigenvalue weighted by atomic mass is 16.7. The van der Waals surface area contributed by atoms with Crippen molar-refractivity contribution >= 4 is 12.3 Å². The SMILES string of the molecule is C[C@]12CC[C@H]3[C@@H](CC[C@]4(O)C[C@@H](O[C@@H]5OC[C@H](O)[C@H](O)[C@H]5O)CC[C@]34C=O)[C@@]1(O)CC[C@@H]2C1=CC(=O)OC1. The van der Waals surface area contributed by atoms with Gasteiger partial charge in [-0.3, -0.25) is 0 Å². The highest BCUT2D eigenvalue weighted by molar-refractivity contribution is 5.85. The molecule has 38 heavy (non-hydrogen) atoms. The largest absolute Gasteiger partial charge is 0.458 e. The minimum absolute atomic E-state index is 0.0489. The number of hydrogen-bond acceptors (Lipinski definition) is 10. The Hall–Kier alpha value is -1.40. The van der Waals surface area contributed by atoms with Gasteiger partial charge >= 0.3 is 5.97 Å². The van der Waals surface area contributed by atoms with Crippen LogP contribution >= 0.6 is 0 Å². The fourth-order valence-corrected chi connectivity index (χ4v) is 9.52. The topological polar surface area (TPSA) is 163 Å². The molecule has 5 fully saturated rings. The number of rotatable bonds is 4. The molecule has 0 aromatic rings. The second-order valence-electron chi connectivity index (χ2n) is 13.0. The summed E-state index contributed by atoms with van der Waals surface area (Å²) in [4.78, 5) is 24.7. The maximum Gasteiger partial charge on any atom is 0.331 e. The van der Waals surface area contributed by atoms with Crippen LogP contribution in [0.2, 0.25) is 0 Å². The molecule has 1 saturated heterocycles. The predicted molar refractivity (Wildman–Crippen MR) is 130 cm³/mol. The van der Waals surface area contributed by atoms with Crippen molar-refractivity contribution in [3.05, 3.63) is 11.6 Å². The quantitative estimate of drug-likeness (QED) is 0.193. The van der Waals surface area contributed by atoms with E-state index < -0.39 is 52.7 Å². The Morgan fingerprint density at radius 3 is 2.47 bits per heavy atom. The summed E-state index contributed by atoms with van der Waals surface area (Å²) in [5, 5.41) is 54.4. The molecule has 4 saturated carbocycles. The number of aliphatic hydroxyl groups excluding tert-OH is 3. The van der Waals surface area contributed by atoms with E-state index in [2.05, 4.69) is 6.92 Å². The normalized spacial score (nSPS) is 54.4. The molecule has 212 valence electrons. The molecule has 12 atom stereocenters. The Labute approximate surface area is 222 Å². The molecule has 0 radical (unpaired) electrons. The van der Waals surface area contributed by atoms with Crippen LogP contribution < -0.4 is 0 Å². The summed E-state index contributed by atoms with van der Waals surface area (Å²) in [6.07, 6.45) is 1.56. The Balaban J connectivity index is 1.22. The lowest BCUT2D eigenvalue weighted by molar-refractivity contribution is -0.301. The monoisotopic (exact) mass is 536 g/mol. The van der Waals surface area contributed by atoms with Crippen molar-refractivity contribution in [3.63, 3.8) is 0 Å². The number of fused-ring (bicyclic) bond motifs is 5. The van der Waals surface area contributed by atoms with Crippen LogP contribution in [0, 0.1) is 28.6 Å². The maximum atomic E-state index is 12.9. The van der Waals surface area contributed by atoms with Crippen LogP contribution in [0.15, 0.2) is 11.6 Å². The first-order valence-corrected chi connectivity index (χ1v) is 14.1. The van der Waals surface area contributed by atoms with Gasteiger partial charge in [-0.1, -0.05) is 6.92 Å². The molecule has 0 unspecified atom stereocenters. The Kier molecular flexibility index (Phi) is 6.39. The first-order valence-electron chi connectivity index (χ1n) is 14.1. The zero-order chi connectivity index (χ0) is 27.1. The molecule has 6 rings (SSSR count). The average Bonchev–Trinajstić information content (AvgIpc) is 3.43. The summed E-state index contributed by atoms with van der Waals surface area (Å²) in [7, 11) is 0. The Morgan fingerprint density at radius 2 is 1.76 bits per heavy atom. The van der Waals surface area contributed by atoms with Crippen LogP contribution in [-0.2, 0) is 23.8 Å². The minimum Gasteiger partial charge on any atom is -0.458 e. The molecular weight excluding hydrogens is 496 g/mol. The Bertz CT molecular complexity index is 1020. The van der Waals surface area contributed by atoms with Crippen LogP contribution in [0.5, 0.6) is 0 Å². The standard InChI is InChI=1S/C28H40O10/c1-25-6-3-18-19(28(25,35)9-5-17(25)15-10-21(31)36-12-15)4-8-27(34)11-16(2-7-26(18,27)14-29)38-24-23(33)22(32)20(30)13-37-24/h10,14,16-20,22-24,30,32-35H,2-9,11-13H2,1H3/t16-,17+,18-,19+,20-,22-,23+,24-,25+,26-,27-,28-/m0/s1. The molecular formula is C28H40O10. The van der Waals surface area contributed by atoms with E-state index in [1.807, 2.05) is 0 Å². The van der Waals surface area contributed by atoms with Crippen molar-refractivity contribution in [2.24, 2.45) is 28.6 Å². The summed E-state index contributed by atoms with van der Waals surface area (Å²) < 4.78 is 16.6. The summed E-state index contributed by atoms with van der Waals surface area (Å²) in [5.74, 6) is -0.604. The third kappa shape index (κ3) is 3.57. The number of cyclic esters (lactones) is 1. The van der Waals surface area contributed by atoms with Gasteiger partial charge in [0, 0.05) is 17.9 Å². The molecule has 0 amide bonds. The van der Waals surface area contributed by atoms with Crippen LogP contribution in [0.4, 0.5) is 0 Å². The summed E-state index contributed by atoms with van der Waals surface area (Å²) >= 11 is 0. The third-order valence-corrected chi connectivity index (χ3v) is 11.6. The Morgan fingerprint density at radius 1 is 1.00 bits per heavy atom. The second-order valence-corrected chi connectivity index (χ2v) is 13.0. The van der Waals surface area contributed by atoms with Crippen LogP contribution in [0.3, 0.4) is 0 Å². The zero-order valence-electron chi connectivity index (χ0n) is 21.8. The van der Waals surface area contributed by atoms with E-state index in [4.69, 9.17) is 14.2 Å². The highest BCUT2D eigenvalue weighted by Gasteiger charge is 2.71. The van der Waals surface area contributed by atoms with E-state index >= 15 is 0 Å². The number of hydrogen-bond donors (Lipinski definition) is 5. The van der Waals surface area contributed by atoms with Crippen LogP contribution in [-0.4, -0.2) is 92.9 Å². The molecule has 0 aromatic heterocycles. The van der Waals surface area contributed by atoms with Gasteiger partial charge in [-0.05, 0) is 74.7 Å². The zero-order valence-corrected chi connectivity index (χ0v) is 21.8. The van der Waals surface area contributed by atoms with Gasteiger partial charge < -0.3 is 44.5 Å².